The second kappa shape index (κ2) is 7.59. The first kappa shape index (κ1) is 17.7. The van der Waals surface area contributed by atoms with E-state index in [1.165, 1.54) is 0 Å². The molecule has 0 aliphatic heterocycles. The molecule has 2 rings (SSSR count). The van der Waals surface area contributed by atoms with Crippen LogP contribution in [0.1, 0.15) is 19.6 Å². The predicted molar refractivity (Wildman–Crippen MR) is 88.4 cm³/mol. The average Bonchev–Trinajstić information content (AvgIpc) is 2.87. The lowest BCUT2D eigenvalue weighted by molar-refractivity contribution is 0.192. The summed E-state index contributed by atoms with van der Waals surface area (Å²) in [6.07, 6.45) is 0. The zero-order valence-corrected chi connectivity index (χ0v) is 13.7. The first-order chi connectivity index (χ1) is 9.50. The fourth-order valence-electron chi connectivity index (χ4n) is 2.25. The maximum absolute atomic E-state index is 5.77. The van der Waals surface area contributed by atoms with Gasteiger partial charge in [0.25, 0.3) is 0 Å². The summed E-state index contributed by atoms with van der Waals surface area (Å²) >= 11 is 0. The zero-order valence-electron chi connectivity index (χ0n) is 12.9. The maximum atomic E-state index is 5.77. The highest BCUT2D eigenvalue weighted by molar-refractivity contribution is 5.85. The standard InChI is InChI=1S/C16H23N3O.ClH/c1-16(2,11-17)12-19(3)10-14-9-15(18-20-14)13-7-5-4-6-8-13;/h4-9H,10-12,17H2,1-3H3;1H. The smallest absolute Gasteiger partial charge is 0.151 e. The van der Waals surface area contributed by atoms with Gasteiger partial charge in [0.1, 0.15) is 5.69 Å². The van der Waals surface area contributed by atoms with Crippen LogP contribution in [0, 0.1) is 5.41 Å². The van der Waals surface area contributed by atoms with Crippen LogP contribution in [0.15, 0.2) is 40.9 Å². The van der Waals surface area contributed by atoms with Gasteiger partial charge in [0.2, 0.25) is 0 Å². The summed E-state index contributed by atoms with van der Waals surface area (Å²) in [5.74, 6) is 0.874. The van der Waals surface area contributed by atoms with Crippen molar-refractivity contribution in [3.05, 3.63) is 42.2 Å². The van der Waals surface area contributed by atoms with E-state index < -0.39 is 0 Å². The molecule has 0 bridgehead atoms. The van der Waals surface area contributed by atoms with Crippen molar-refractivity contribution in [3.63, 3.8) is 0 Å². The van der Waals surface area contributed by atoms with E-state index >= 15 is 0 Å². The molecule has 2 N–H and O–H groups in total. The Kier molecular flexibility index (Phi) is 6.40. The third-order valence-corrected chi connectivity index (χ3v) is 3.30. The van der Waals surface area contributed by atoms with Crippen molar-refractivity contribution in [2.75, 3.05) is 20.1 Å². The molecule has 0 saturated heterocycles. The van der Waals surface area contributed by atoms with E-state index in [1.54, 1.807) is 0 Å². The summed E-state index contributed by atoms with van der Waals surface area (Å²) in [5, 5.41) is 4.13. The molecule has 0 radical (unpaired) electrons. The third-order valence-electron chi connectivity index (χ3n) is 3.30. The van der Waals surface area contributed by atoms with E-state index in [0.717, 1.165) is 30.1 Å². The molecular formula is C16H24ClN3O. The van der Waals surface area contributed by atoms with Gasteiger partial charge < -0.3 is 10.3 Å². The van der Waals surface area contributed by atoms with Crippen LogP contribution in [0.2, 0.25) is 0 Å². The third kappa shape index (κ3) is 5.16. The second-order valence-corrected chi connectivity index (χ2v) is 6.09. The van der Waals surface area contributed by atoms with Crippen molar-refractivity contribution < 1.29 is 4.52 Å². The van der Waals surface area contributed by atoms with E-state index in [-0.39, 0.29) is 17.8 Å². The molecule has 0 aliphatic rings. The van der Waals surface area contributed by atoms with Crippen LogP contribution in [0.3, 0.4) is 0 Å². The van der Waals surface area contributed by atoms with Crippen LogP contribution in [-0.4, -0.2) is 30.2 Å². The summed E-state index contributed by atoms with van der Waals surface area (Å²) in [7, 11) is 2.07. The molecule has 0 amide bonds. The van der Waals surface area contributed by atoms with E-state index in [9.17, 15) is 0 Å². The minimum atomic E-state index is 0. The van der Waals surface area contributed by atoms with Gasteiger partial charge in [-0.15, -0.1) is 12.4 Å². The van der Waals surface area contributed by atoms with Gasteiger partial charge in [-0.05, 0) is 19.0 Å². The molecule has 1 heterocycles. The normalized spacial score (nSPS) is 11.5. The number of aromatic nitrogens is 1. The van der Waals surface area contributed by atoms with Crippen LogP contribution >= 0.6 is 12.4 Å². The number of nitrogens with two attached hydrogens (primary N) is 1. The van der Waals surface area contributed by atoms with Crippen molar-refractivity contribution in [3.8, 4) is 11.3 Å². The summed E-state index contributed by atoms with van der Waals surface area (Å²) in [6.45, 7) is 6.66. The predicted octanol–water partition coefficient (Wildman–Crippen LogP) is 3.18. The minimum absolute atomic E-state index is 0. The van der Waals surface area contributed by atoms with E-state index in [1.807, 2.05) is 36.4 Å². The summed E-state index contributed by atoms with van der Waals surface area (Å²) in [4.78, 5) is 2.21. The molecule has 4 nitrogen and oxygen atoms in total. The fourth-order valence-corrected chi connectivity index (χ4v) is 2.25. The fraction of sp³-hybridized carbons (Fsp3) is 0.438. The van der Waals surface area contributed by atoms with E-state index in [2.05, 4.69) is 31.0 Å². The van der Waals surface area contributed by atoms with Crippen LogP contribution in [0.25, 0.3) is 11.3 Å². The lowest BCUT2D eigenvalue weighted by Gasteiger charge is -2.28. The number of halogens is 1. The van der Waals surface area contributed by atoms with Gasteiger partial charge in [-0.1, -0.05) is 49.3 Å². The minimum Gasteiger partial charge on any atom is -0.359 e. The highest BCUT2D eigenvalue weighted by Crippen LogP contribution is 2.20. The Labute approximate surface area is 132 Å². The number of benzene rings is 1. The summed E-state index contributed by atoms with van der Waals surface area (Å²) < 4.78 is 5.41. The Hall–Kier alpha value is -1.36. The molecule has 1 aromatic heterocycles. The quantitative estimate of drug-likeness (QED) is 0.890. The molecule has 0 fully saturated rings. The first-order valence-electron chi connectivity index (χ1n) is 6.90. The summed E-state index contributed by atoms with van der Waals surface area (Å²) in [5.41, 5.74) is 7.83. The SMILES string of the molecule is CN(Cc1cc(-c2ccccc2)no1)CC(C)(C)CN.Cl. The van der Waals surface area contributed by atoms with E-state index in [4.69, 9.17) is 10.3 Å². The number of rotatable bonds is 6. The molecule has 0 spiro atoms. The molecule has 0 aliphatic carbocycles. The average molecular weight is 310 g/mol. The van der Waals surface area contributed by atoms with Gasteiger partial charge in [-0.3, -0.25) is 4.90 Å². The zero-order chi connectivity index (χ0) is 14.6. The van der Waals surface area contributed by atoms with Gasteiger partial charge in [0.05, 0.1) is 6.54 Å². The Morgan fingerprint density at radius 2 is 1.90 bits per heavy atom. The molecule has 5 heteroatoms. The molecule has 0 saturated carbocycles. The van der Waals surface area contributed by atoms with Crippen LogP contribution in [0.4, 0.5) is 0 Å². The lowest BCUT2D eigenvalue weighted by Crippen LogP contribution is -2.36. The second-order valence-electron chi connectivity index (χ2n) is 6.09. The first-order valence-corrected chi connectivity index (χ1v) is 6.90. The highest BCUT2D eigenvalue weighted by Gasteiger charge is 2.19. The molecular weight excluding hydrogens is 286 g/mol. The summed E-state index contributed by atoms with van der Waals surface area (Å²) in [6, 6.07) is 12.1. The molecule has 21 heavy (non-hydrogen) atoms. The maximum Gasteiger partial charge on any atom is 0.151 e. The number of nitrogens with zero attached hydrogens (tertiary/aromatic N) is 2. The highest BCUT2D eigenvalue weighted by atomic mass is 35.5. The van der Waals surface area contributed by atoms with Crippen LogP contribution < -0.4 is 5.73 Å². The van der Waals surface area contributed by atoms with Gasteiger partial charge >= 0.3 is 0 Å². The van der Waals surface area contributed by atoms with Crippen LogP contribution in [0.5, 0.6) is 0 Å². The molecule has 0 unspecified atom stereocenters. The molecule has 0 atom stereocenters. The number of hydrogen-bond acceptors (Lipinski definition) is 4. The largest absolute Gasteiger partial charge is 0.359 e. The molecule has 116 valence electrons. The van der Waals surface area contributed by atoms with Crippen molar-refractivity contribution in [2.24, 2.45) is 11.1 Å². The van der Waals surface area contributed by atoms with Gasteiger partial charge in [0.15, 0.2) is 5.76 Å². The monoisotopic (exact) mass is 309 g/mol. The van der Waals surface area contributed by atoms with Crippen molar-refractivity contribution in [1.82, 2.24) is 10.1 Å². The lowest BCUT2D eigenvalue weighted by atomic mass is 9.93. The Morgan fingerprint density at radius 1 is 1.24 bits per heavy atom. The topological polar surface area (TPSA) is 55.3 Å². The van der Waals surface area contributed by atoms with Crippen molar-refractivity contribution >= 4 is 12.4 Å². The molecule has 2 aromatic rings. The number of hydrogen-bond donors (Lipinski definition) is 1. The molecule has 1 aromatic carbocycles. The Bertz CT molecular complexity index is 539. The van der Waals surface area contributed by atoms with Crippen molar-refractivity contribution in [1.29, 1.82) is 0 Å². The Balaban J connectivity index is 0.00000220. The van der Waals surface area contributed by atoms with Gasteiger partial charge in [-0.25, -0.2) is 0 Å². The van der Waals surface area contributed by atoms with Gasteiger partial charge in [-0.2, -0.15) is 0 Å². The van der Waals surface area contributed by atoms with E-state index in [0.29, 0.717) is 6.54 Å². The van der Waals surface area contributed by atoms with Crippen LogP contribution in [-0.2, 0) is 6.54 Å². The Morgan fingerprint density at radius 3 is 2.52 bits per heavy atom. The van der Waals surface area contributed by atoms with Crippen molar-refractivity contribution in [2.45, 2.75) is 20.4 Å². The van der Waals surface area contributed by atoms with Gasteiger partial charge in [0, 0.05) is 18.2 Å².